The van der Waals surface area contributed by atoms with Crippen molar-refractivity contribution < 1.29 is 9.53 Å². The molecule has 0 bridgehead atoms. The molecule has 1 heterocycles. The highest BCUT2D eigenvalue weighted by atomic mass is 32.2. The van der Waals surface area contributed by atoms with E-state index in [1.165, 1.54) is 19.3 Å². The van der Waals surface area contributed by atoms with Crippen LogP contribution in [0.25, 0.3) is 0 Å². The van der Waals surface area contributed by atoms with Crippen LogP contribution in [-0.2, 0) is 9.53 Å². The summed E-state index contributed by atoms with van der Waals surface area (Å²) in [6.45, 7) is 4.09. The van der Waals surface area contributed by atoms with Gasteiger partial charge in [0.15, 0.2) is 0 Å². The van der Waals surface area contributed by atoms with Crippen LogP contribution in [0, 0.1) is 0 Å². The second-order valence-electron chi connectivity index (χ2n) is 3.14. The number of cyclic esters (lactones) is 1. The Bertz CT molecular complexity index is 159. The minimum Gasteiger partial charge on any atom is -0.450 e. The number of hydrogen-bond donors (Lipinski definition) is 0. The summed E-state index contributed by atoms with van der Waals surface area (Å²) >= 11 is 1.65. The van der Waals surface area contributed by atoms with Crippen molar-refractivity contribution in [2.24, 2.45) is 0 Å². The van der Waals surface area contributed by atoms with E-state index in [0.29, 0.717) is 0 Å². The van der Waals surface area contributed by atoms with Gasteiger partial charge in [-0.25, -0.2) is 0 Å². The van der Waals surface area contributed by atoms with Crippen molar-refractivity contribution in [3.8, 4) is 0 Å². The summed E-state index contributed by atoms with van der Waals surface area (Å²) in [6, 6.07) is 0. The van der Waals surface area contributed by atoms with Crippen LogP contribution >= 0.6 is 11.8 Å². The molecule has 1 aliphatic rings. The lowest BCUT2D eigenvalue weighted by Crippen LogP contribution is -2.07. The molecule has 0 spiro atoms. The summed E-state index contributed by atoms with van der Waals surface area (Å²) in [7, 11) is 0. The van der Waals surface area contributed by atoms with Gasteiger partial charge in [-0.05, 0) is 19.8 Å². The van der Waals surface area contributed by atoms with E-state index in [2.05, 4.69) is 6.92 Å². The molecule has 2 nitrogen and oxygen atoms in total. The molecule has 1 fully saturated rings. The van der Waals surface area contributed by atoms with E-state index in [9.17, 15) is 4.79 Å². The van der Waals surface area contributed by atoms with Gasteiger partial charge in [0.2, 0.25) is 0 Å². The minimum absolute atomic E-state index is 0.0403. The molecule has 0 saturated carbocycles. The molecule has 0 radical (unpaired) electrons. The van der Waals surface area contributed by atoms with Crippen LogP contribution in [0.1, 0.15) is 39.5 Å². The second-order valence-corrected chi connectivity index (χ2v) is 4.65. The fraction of sp³-hybridized carbons (Fsp3) is 0.889. The van der Waals surface area contributed by atoms with Crippen LogP contribution in [0.5, 0.6) is 0 Å². The number of hydrogen-bond acceptors (Lipinski definition) is 3. The summed E-state index contributed by atoms with van der Waals surface area (Å²) in [5, 5.41) is 0.0524. The van der Waals surface area contributed by atoms with Gasteiger partial charge in [0.1, 0.15) is 10.7 Å². The van der Waals surface area contributed by atoms with Crippen molar-refractivity contribution in [3.05, 3.63) is 0 Å². The summed E-state index contributed by atoms with van der Waals surface area (Å²) < 4.78 is 5.14. The highest BCUT2D eigenvalue weighted by Gasteiger charge is 2.30. The zero-order valence-corrected chi connectivity index (χ0v) is 8.52. The molecule has 0 N–H and O–H groups in total. The number of thioether (sulfide) groups is 1. The van der Waals surface area contributed by atoms with E-state index in [0.717, 1.165) is 6.42 Å². The number of unbranched alkanes of at least 4 members (excludes halogenated alkanes) is 2. The molecule has 1 saturated heterocycles. The van der Waals surface area contributed by atoms with Crippen molar-refractivity contribution in [2.45, 2.75) is 50.2 Å². The molecule has 70 valence electrons. The van der Waals surface area contributed by atoms with Crippen LogP contribution in [0.15, 0.2) is 0 Å². The van der Waals surface area contributed by atoms with Crippen molar-refractivity contribution in [2.75, 3.05) is 0 Å². The van der Waals surface area contributed by atoms with E-state index in [-0.39, 0.29) is 16.7 Å². The summed E-state index contributed by atoms with van der Waals surface area (Å²) in [5.41, 5.74) is 0.138. The third-order valence-corrected chi connectivity index (χ3v) is 3.21. The van der Waals surface area contributed by atoms with Crippen molar-refractivity contribution >= 4 is 17.7 Å². The van der Waals surface area contributed by atoms with Crippen LogP contribution in [0.2, 0.25) is 0 Å². The van der Waals surface area contributed by atoms with Gasteiger partial charge in [0.25, 0.3) is 0 Å². The second kappa shape index (κ2) is 4.75. The lowest BCUT2D eigenvalue weighted by atomic mass is 10.2. The monoisotopic (exact) mass is 188 g/mol. The minimum atomic E-state index is -0.0403. The first-order valence-electron chi connectivity index (χ1n) is 4.60. The highest BCUT2D eigenvalue weighted by molar-refractivity contribution is 8.01. The van der Waals surface area contributed by atoms with Crippen molar-refractivity contribution in [3.63, 3.8) is 0 Å². The van der Waals surface area contributed by atoms with Crippen LogP contribution in [0.3, 0.4) is 0 Å². The molecule has 0 aromatic carbocycles. The van der Waals surface area contributed by atoms with E-state index >= 15 is 0 Å². The fourth-order valence-corrected chi connectivity index (χ4v) is 2.30. The lowest BCUT2D eigenvalue weighted by Gasteiger charge is -2.06. The van der Waals surface area contributed by atoms with Gasteiger partial charge in [0, 0.05) is 0 Å². The smallest absolute Gasteiger partial charge is 0.320 e. The third-order valence-electron chi connectivity index (χ3n) is 1.98. The van der Waals surface area contributed by atoms with Crippen LogP contribution in [0.4, 0.5) is 0 Å². The SMILES string of the molecule is CCCCCC1OC(=O)C(C)S1. The van der Waals surface area contributed by atoms with Gasteiger partial charge in [-0.15, -0.1) is 11.8 Å². The van der Waals surface area contributed by atoms with E-state index in [4.69, 9.17) is 4.74 Å². The number of esters is 1. The maximum atomic E-state index is 11.0. The van der Waals surface area contributed by atoms with E-state index in [1.807, 2.05) is 6.92 Å². The maximum absolute atomic E-state index is 11.0. The van der Waals surface area contributed by atoms with E-state index in [1.54, 1.807) is 11.8 Å². The first-order chi connectivity index (χ1) is 5.74. The van der Waals surface area contributed by atoms with Gasteiger partial charge in [-0.3, -0.25) is 4.79 Å². The number of ether oxygens (including phenoxy) is 1. The molecule has 2 atom stereocenters. The predicted octanol–water partition coefficient (Wildman–Crippen LogP) is 2.57. The quantitative estimate of drug-likeness (QED) is 0.501. The van der Waals surface area contributed by atoms with Crippen LogP contribution < -0.4 is 0 Å². The molecule has 0 amide bonds. The van der Waals surface area contributed by atoms with Gasteiger partial charge in [-0.1, -0.05) is 19.8 Å². The number of carbonyl (C=O) groups excluding carboxylic acids is 1. The molecular formula is C9H16O2S. The number of rotatable bonds is 4. The lowest BCUT2D eigenvalue weighted by molar-refractivity contribution is -0.142. The van der Waals surface area contributed by atoms with Crippen molar-refractivity contribution in [1.29, 1.82) is 0 Å². The Hall–Kier alpha value is -0.180. The maximum Gasteiger partial charge on any atom is 0.320 e. The fourth-order valence-electron chi connectivity index (χ4n) is 1.22. The zero-order valence-electron chi connectivity index (χ0n) is 7.71. The molecule has 1 rings (SSSR count). The summed E-state index contributed by atoms with van der Waals surface area (Å²) in [5.74, 6) is -0.0403. The first kappa shape index (κ1) is 9.90. The Morgan fingerprint density at radius 1 is 1.50 bits per heavy atom. The Labute approximate surface area is 78.1 Å². The van der Waals surface area contributed by atoms with Gasteiger partial charge in [-0.2, -0.15) is 0 Å². The first-order valence-corrected chi connectivity index (χ1v) is 5.54. The Kier molecular flexibility index (Phi) is 3.92. The topological polar surface area (TPSA) is 26.3 Å². The van der Waals surface area contributed by atoms with Crippen LogP contribution in [-0.4, -0.2) is 16.7 Å². The Morgan fingerprint density at radius 2 is 2.25 bits per heavy atom. The summed E-state index contributed by atoms with van der Waals surface area (Å²) in [6.07, 6.45) is 4.66. The zero-order chi connectivity index (χ0) is 8.97. The van der Waals surface area contributed by atoms with E-state index < -0.39 is 0 Å². The highest BCUT2D eigenvalue weighted by Crippen LogP contribution is 2.31. The normalized spacial score (nSPS) is 29.0. The number of carbonyl (C=O) groups is 1. The molecule has 2 unspecified atom stereocenters. The Morgan fingerprint density at radius 3 is 2.75 bits per heavy atom. The third kappa shape index (κ3) is 2.70. The van der Waals surface area contributed by atoms with Gasteiger partial charge < -0.3 is 4.74 Å². The molecule has 0 aromatic rings. The molecule has 0 aromatic heterocycles. The standard InChI is InChI=1S/C9H16O2S/c1-3-4-5-6-8-11-9(10)7(2)12-8/h7-8H,3-6H2,1-2H3. The van der Waals surface area contributed by atoms with Gasteiger partial charge in [0.05, 0.1) is 0 Å². The Balaban J connectivity index is 2.14. The average Bonchev–Trinajstić information content (AvgIpc) is 2.32. The summed E-state index contributed by atoms with van der Waals surface area (Å²) in [4.78, 5) is 11.0. The predicted molar refractivity (Wildman–Crippen MR) is 51.1 cm³/mol. The molecule has 0 aliphatic carbocycles. The van der Waals surface area contributed by atoms with Crippen molar-refractivity contribution in [1.82, 2.24) is 0 Å². The van der Waals surface area contributed by atoms with Gasteiger partial charge >= 0.3 is 5.97 Å². The average molecular weight is 188 g/mol. The molecule has 3 heteroatoms. The largest absolute Gasteiger partial charge is 0.450 e. The molecule has 1 aliphatic heterocycles. The molecular weight excluding hydrogens is 172 g/mol. The molecule has 12 heavy (non-hydrogen) atoms.